The van der Waals surface area contributed by atoms with Crippen LogP contribution >= 0.6 is 0 Å². The van der Waals surface area contributed by atoms with Gasteiger partial charge in [-0.1, -0.05) is 6.07 Å². The maximum absolute atomic E-state index is 12.9. The van der Waals surface area contributed by atoms with E-state index >= 15 is 0 Å². The van der Waals surface area contributed by atoms with Crippen molar-refractivity contribution in [2.75, 3.05) is 11.3 Å². The molecule has 0 spiro atoms. The molecule has 3 aromatic rings. The Morgan fingerprint density at radius 2 is 2.09 bits per heavy atom. The Balaban J connectivity index is 1.47. The van der Waals surface area contributed by atoms with Gasteiger partial charge in [0.1, 0.15) is 18.2 Å². The predicted octanol–water partition coefficient (Wildman–Crippen LogP) is 1.33. The molecule has 0 unspecified atom stereocenters. The maximum atomic E-state index is 12.9. The molecule has 178 valence electrons. The third-order valence-corrected chi connectivity index (χ3v) is 5.90. The van der Waals surface area contributed by atoms with Crippen LogP contribution in [0.5, 0.6) is 5.75 Å². The molecule has 0 aliphatic carbocycles. The topological polar surface area (TPSA) is 161 Å². The number of nitrogens with one attached hydrogen (secondary N) is 2. The normalized spacial score (nSPS) is 14.5. The Labute approximate surface area is 196 Å². The molecular formula is C22H24N6O5S. The number of amidine groups is 1. The Morgan fingerprint density at radius 3 is 2.82 bits per heavy atom. The number of hydrogen-bond acceptors (Lipinski definition) is 7. The monoisotopic (exact) mass is 484 g/mol. The fourth-order valence-electron chi connectivity index (χ4n) is 3.39. The van der Waals surface area contributed by atoms with E-state index in [2.05, 4.69) is 19.4 Å². The van der Waals surface area contributed by atoms with Crippen LogP contribution in [0.25, 0.3) is 5.82 Å². The number of carbonyl (C=O) groups is 1. The van der Waals surface area contributed by atoms with E-state index in [1.54, 1.807) is 67.2 Å². The molecule has 0 fully saturated rings. The molecule has 3 heterocycles. The summed E-state index contributed by atoms with van der Waals surface area (Å²) in [6.07, 6.45) is 5.02. The molecule has 0 radical (unpaired) electrons. The van der Waals surface area contributed by atoms with Crippen molar-refractivity contribution in [1.82, 2.24) is 14.9 Å². The molecule has 5 N–H and O–H groups in total. The van der Waals surface area contributed by atoms with Crippen LogP contribution in [0, 0.1) is 0 Å². The number of nitrogens with zero attached hydrogens (tertiary/aromatic N) is 3. The molecule has 11 nitrogen and oxygen atoms in total. The van der Waals surface area contributed by atoms with Crippen molar-refractivity contribution in [2.45, 2.75) is 26.0 Å². The summed E-state index contributed by atoms with van der Waals surface area (Å²) < 4.78 is 36.9. The summed E-state index contributed by atoms with van der Waals surface area (Å²) in [5.74, 6) is 0.372. The van der Waals surface area contributed by atoms with Crippen LogP contribution in [0.1, 0.15) is 35.3 Å². The summed E-state index contributed by atoms with van der Waals surface area (Å²) in [5.41, 5.74) is 6.80. The number of aromatic nitrogens is 2. The van der Waals surface area contributed by atoms with Crippen LogP contribution in [0.3, 0.4) is 0 Å². The van der Waals surface area contributed by atoms with Crippen LogP contribution < -0.4 is 20.5 Å². The number of carbonyl (C=O) groups excluding carboxylic acids is 1. The molecule has 12 heteroatoms. The number of hydrogen-bond donors (Lipinski definition) is 4. The number of aliphatic hydroxyl groups is 1. The highest BCUT2D eigenvalue weighted by molar-refractivity contribution is 7.91. The van der Waals surface area contributed by atoms with Gasteiger partial charge in [0.15, 0.2) is 5.84 Å². The molecule has 1 aliphatic rings. The van der Waals surface area contributed by atoms with Gasteiger partial charge in [-0.3, -0.25) is 9.52 Å². The van der Waals surface area contributed by atoms with Crippen molar-refractivity contribution in [3.05, 3.63) is 71.7 Å². The lowest BCUT2D eigenvalue weighted by Crippen LogP contribution is -2.48. The molecule has 1 aliphatic heterocycles. The minimum absolute atomic E-state index is 0.0740. The molecule has 1 amide bonds. The first-order chi connectivity index (χ1) is 16.1. The SMILES string of the molecule is CC(C)(COc1cccc2c1C(N)=NS(=O)(=O)N2)NC(=O)c1ccnc(-n2ccc(CO)c2)c1. The summed E-state index contributed by atoms with van der Waals surface area (Å²) in [6, 6.07) is 9.84. The predicted molar refractivity (Wildman–Crippen MR) is 126 cm³/mol. The van der Waals surface area contributed by atoms with Crippen LogP contribution in [0.2, 0.25) is 0 Å². The van der Waals surface area contributed by atoms with E-state index in [9.17, 15) is 18.3 Å². The zero-order valence-electron chi connectivity index (χ0n) is 18.5. The van der Waals surface area contributed by atoms with E-state index in [-0.39, 0.29) is 30.6 Å². The van der Waals surface area contributed by atoms with Crippen molar-refractivity contribution in [3.63, 3.8) is 0 Å². The van der Waals surface area contributed by atoms with E-state index in [1.165, 1.54) is 6.20 Å². The number of aliphatic hydroxyl groups excluding tert-OH is 1. The second-order valence-electron chi connectivity index (χ2n) is 8.35. The maximum Gasteiger partial charge on any atom is 0.344 e. The van der Waals surface area contributed by atoms with Gasteiger partial charge in [-0.2, -0.15) is 8.42 Å². The molecule has 0 saturated heterocycles. The Kier molecular flexibility index (Phi) is 6.02. The van der Waals surface area contributed by atoms with Crippen LogP contribution in [0.4, 0.5) is 5.69 Å². The summed E-state index contributed by atoms with van der Waals surface area (Å²) in [6.45, 7) is 3.57. The molecule has 4 rings (SSSR count). The summed E-state index contributed by atoms with van der Waals surface area (Å²) in [4.78, 5) is 17.2. The number of nitrogens with two attached hydrogens (primary N) is 1. The van der Waals surface area contributed by atoms with Crippen LogP contribution in [0.15, 0.2) is 59.4 Å². The minimum atomic E-state index is -3.89. The Bertz CT molecular complexity index is 1380. The average Bonchev–Trinajstić information content (AvgIpc) is 3.26. The van der Waals surface area contributed by atoms with E-state index in [1.807, 2.05) is 0 Å². The molecule has 0 saturated carbocycles. The second-order valence-corrected chi connectivity index (χ2v) is 9.68. The smallest absolute Gasteiger partial charge is 0.344 e. The van der Waals surface area contributed by atoms with Crippen molar-refractivity contribution >= 4 is 27.6 Å². The van der Waals surface area contributed by atoms with Crippen LogP contribution in [-0.2, 0) is 16.8 Å². The van der Waals surface area contributed by atoms with Crippen molar-refractivity contribution in [1.29, 1.82) is 0 Å². The largest absolute Gasteiger partial charge is 0.490 e. The summed E-state index contributed by atoms with van der Waals surface area (Å²) in [5, 5.41) is 12.2. The third kappa shape index (κ3) is 5.02. The van der Waals surface area contributed by atoms with Crippen molar-refractivity contribution < 1.29 is 23.1 Å². The Hall–Kier alpha value is -3.90. The number of rotatable bonds is 7. The van der Waals surface area contributed by atoms with Gasteiger partial charge < -0.3 is 25.5 Å². The van der Waals surface area contributed by atoms with E-state index in [0.717, 1.165) is 5.56 Å². The summed E-state index contributed by atoms with van der Waals surface area (Å²) in [7, 11) is -3.89. The quantitative estimate of drug-likeness (QED) is 0.393. The molecule has 1 aromatic carbocycles. The average molecular weight is 485 g/mol. The van der Waals surface area contributed by atoms with Crippen LogP contribution in [-0.4, -0.2) is 47.0 Å². The molecule has 2 aromatic heterocycles. The van der Waals surface area contributed by atoms with Gasteiger partial charge in [0, 0.05) is 24.2 Å². The first-order valence-electron chi connectivity index (χ1n) is 10.3. The van der Waals surface area contributed by atoms with Crippen molar-refractivity contribution in [3.8, 4) is 11.6 Å². The standard InChI is InChI=1S/C22H24N6O5S/c1-22(2,13-33-17-5-3-4-16-19(17)20(23)27-34(31,32)26-16)25-21(30)15-6-8-24-18(10-15)28-9-7-14(11-28)12-29/h3-11,26,29H,12-13H2,1-2H3,(H2,23,27)(H,25,30). The molecule has 34 heavy (non-hydrogen) atoms. The zero-order chi connectivity index (χ0) is 24.5. The number of amides is 1. The fraction of sp³-hybridized carbons (Fsp3) is 0.227. The number of pyridine rings is 1. The molecule has 0 atom stereocenters. The highest BCUT2D eigenvalue weighted by atomic mass is 32.2. The number of ether oxygens (including phenoxy) is 1. The molecule has 0 bridgehead atoms. The number of benzene rings is 1. The van der Waals surface area contributed by atoms with Gasteiger partial charge in [-0.25, -0.2) is 4.98 Å². The van der Waals surface area contributed by atoms with Gasteiger partial charge in [-0.15, -0.1) is 4.40 Å². The second kappa shape index (κ2) is 8.80. The number of fused-ring (bicyclic) bond motifs is 1. The first kappa shape index (κ1) is 23.3. The highest BCUT2D eigenvalue weighted by Gasteiger charge is 2.27. The van der Waals surface area contributed by atoms with E-state index < -0.39 is 15.7 Å². The third-order valence-electron chi connectivity index (χ3n) is 4.99. The van der Waals surface area contributed by atoms with E-state index in [4.69, 9.17) is 10.5 Å². The lowest BCUT2D eigenvalue weighted by molar-refractivity contribution is 0.0880. The van der Waals surface area contributed by atoms with Gasteiger partial charge in [0.25, 0.3) is 5.91 Å². The van der Waals surface area contributed by atoms with E-state index in [0.29, 0.717) is 22.7 Å². The van der Waals surface area contributed by atoms with Gasteiger partial charge in [-0.05, 0) is 49.7 Å². The first-order valence-corrected chi connectivity index (χ1v) is 11.7. The van der Waals surface area contributed by atoms with Gasteiger partial charge in [0.05, 0.1) is 23.4 Å². The molecular weight excluding hydrogens is 460 g/mol. The zero-order valence-corrected chi connectivity index (χ0v) is 19.3. The van der Waals surface area contributed by atoms with Gasteiger partial charge in [0.2, 0.25) is 0 Å². The Morgan fingerprint density at radius 1 is 1.29 bits per heavy atom. The lowest BCUT2D eigenvalue weighted by atomic mass is 10.1. The minimum Gasteiger partial charge on any atom is -0.490 e. The summed E-state index contributed by atoms with van der Waals surface area (Å²) >= 11 is 0. The number of anilines is 1. The van der Waals surface area contributed by atoms with Gasteiger partial charge >= 0.3 is 10.2 Å². The lowest BCUT2D eigenvalue weighted by Gasteiger charge is -2.27. The fourth-order valence-corrected chi connectivity index (χ4v) is 4.23. The van der Waals surface area contributed by atoms with Crippen molar-refractivity contribution in [2.24, 2.45) is 10.1 Å². The highest BCUT2D eigenvalue weighted by Crippen LogP contribution is 2.30.